The highest BCUT2D eigenvalue weighted by Crippen LogP contribution is 2.43. The quantitative estimate of drug-likeness (QED) is 0.0265. The lowest BCUT2D eigenvalue weighted by molar-refractivity contribution is -0.432. The van der Waals surface area contributed by atoms with Crippen molar-refractivity contribution < 1.29 is 46.8 Å². The Morgan fingerprint density at radius 3 is 1.40 bits per heavy atom. The van der Waals surface area contributed by atoms with Crippen LogP contribution in [0.25, 0.3) is 0 Å². The van der Waals surface area contributed by atoms with Crippen molar-refractivity contribution in [2.45, 2.75) is 16.2 Å². The van der Waals surface area contributed by atoms with Crippen molar-refractivity contribution >= 4 is 79.4 Å². The van der Waals surface area contributed by atoms with Crippen molar-refractivity contribution in [2.75, 3.05) is 22.1 Å². The maximum atomic E-state index is 13.7. The molecule has 2 aliphatic rings. The second kappa shape index (κ2) is 14.4. The molecule has 6 aromatic carbocycles. The molecule has 8 N–H and O–H groups in total. The van der Waals surface area contributed by atoms with Crippen molar-refractivity contribution in [3.05, 3.63) is 165 Å². The number of hydrogen-bond acceptors (Lipinski definition) is 14. The molecule has 16 heteroatoms. The number of nitrogens with one attached hydrogen (secondary N) is 2. The molecule has 0 spiro atoms. The van der Waals surface area contributed by atoms with E-state index in [-0.39, 0.29) is 72.2 Å². The number of nitrogens with two attached hydrogens (primary N) is 2. The molecule has 0 saturated carbocycles. The largest absolute Gasteiger partial charge is 0.397 e. The molecule has 0 radical (unpaired) electrons. The average molecular weight is 801 g/mol. The highest BCUT2D eigenvalue weighted by Gasteiger charge is 2.37. The lowest BCUT2D eigenvalue weighted by Gasteiger charge is -2.23. The lowest BCUT2D eigenvalue weighted by atomic mass is 9.82. The second-order valence-electron chi connectivity index (χ2n) is 13.1. The Morgan fingerprint density at radius 1 is 0.579 bits per heavy atom. The third kappa shape index (κ3) is 6.61. The average Bonchev–Trinajstić information content (AvgIpc) is 3.20. The van der Waals surface area contributed by atoms with Crippen LogP contribution in [0.1, 0.15) is 74.8 Å². The van der Waals surface area contributed by atoms with Crippen LogP contribution in [0.4, 0.5) is 34.1 Å². The summed E-state index contributed by atoms with van der Waals surface area (Å²) >= 11 is 0.567. The van der Waals surface area contributed by atoms with Crippen LogP contribution in [-0.2, 0) is 25.9 Å². The second-order valence-corrected chi connectivity index (χ2v) is 15.2. The van der Waals surface area contributed by atoms with Gasteiger partial charge in [0.05, 0.1) is 61.9 Å². The van der Waals surface area contributed by atoms with Crippen LogP contribution in [0.3, 0.4) is 0 Å². The van der Waals surface area contributed by atoms with Gasteiger partial charge in [-0.25, -0.2) is 5.26 Å². The minimum Gasteiger partial charge on any atom is -0.397 e. The van der Waals surface area contributed by atoms with Crippen LogP contribution in [0, 0.1) is 0 Å². The van der Waals surface area contributed by atoms with E-state index in [2.05, 4.69) is 20.0 Å². The summed E-state index contributed by atoms with van der Waals surface area (Å²) in [5.74, 6) is -2.00. The molecule has 0 aliphatic heterocycles. The lowest BCUT2D eigenvalue weighted by Crippen LogP contribution is -2.25. The Kier molecular flexibility index (Phi) is 9.45. The molecular formula is C41H28N4O10S2. The molecule has 14 nitrogen and oxygen atoms in total. The third-order valence-corrected chi connectivity index (χ3v) is 11.2. The van der Waals surface area contributed by atoms with Crippen molar-refractivity contribution in [1.82, 2.24) is 0 Å². The molecule has 0 amide bonds. The fourth-order valence-corrected chi connectivity index (χ4v) is 8.19. The summed E-state index contributed by atoms with van der Waals surface area (Å²) in [5, 5.41) is 18.7. The first-order valence-electron chi connectivity index (χ1n) is 17.0. The highest BCUT2D eigenvalue weighted by molar-refractivity contribution is 7.94. The fourth-order valence-electron chi connectivity index (χ4n) is 7.08. The number of benzene rings is 6. The summed E-state index contributed by atoms with van der Waals surface area (Å²) < 4.78 is 39.1. The molecule has 0 saturated heterocycles. The number of carbonyl (C=O) groups is 4. The van der Waals surface area contributed by atoms with Crippen LogP contribution in [-0.4, -0.2) is 41.4 Å². The van der Waals surface area contributed by atoms with E-state index < -0.39 is 38.1 Å². The molecule has 57 heavy (non-hydrogen) atoms. The summed E-state index contributed by atoms with van der Waals surface area (Å²) in [4.78, 5) is 53.9. The summed E-state index contributed by atoms with van der Waals surface area (Å²) in [6, 6.07) is 29.6. The summed E-state index contributed by atoms with van der Waals surface area (Å²) in [5.41, 5.74) is 15.4. The zero-order valence-electron chi connectivity index (χ0n) is 29.2. The number of fused-ring (bicyclic) bond motifs is 4. The van der Waals surface area contributed by atoms with E-state index >= 15 is 0 Å². The zero-order valence-corrected chi connectivity index (χ0v) is 30.9. The topological polar surface area (TPSA) is 237 Å². The van der Waals surface area contributed by atoms with Gasteiger partial charge in [-0.05, 0) is 53.9 Å². The predicted octanol–water partition coefficient (Wildman–Crippen LogP) is 7.15. The number of anilines is 6. The normalized spacial score (nSPS) is 13.1. The predicted molar refractivity (Wildman–Crippen MR) is 211 cm³/mol. The van der Waals surface area contributed by atoms with Gasteiger partial charge in [0.1, 0.15) is 4.90 Å². The molecule has 8 rings (SSSR count). The molecule has 0 aromatic heterocycles. The van der Waals surface area contributed by atoms with E-state index in [1.54, 1.807) is 60.7 Å². The first kappa shape index (κ1) is 37.3. The maximum Gasteiger partial charge on any atom is 0.296 e. The molecule has 0 fully saturated rings. The molecular weight excluding hydrogens is 773 g/mol. The van der Waals surface area contributed by atoms with E-state index in [1.165, 1.54) is 18.2 Å². The van der Waals surface area contributed by atoms with Gasteiger partial charge in [0.15, 0.2) is 23.1 Å². The number of rotatable bonds is 10. The van der Waals surface area contributed by atoms with Crippen LogP contribution < -0.4 is 22.1 Å². The number of nitrogen functional groups attached to an aromatic ring is 2. The van der Waals surface area contributed by atoms with Crippen LogP contribution in [0.15, 0.2) is 119 Å². The van der Waals surface area contributed by atoms with E-state index in [4.69, 9.17) is 16.7 Å². The van der Waals surface area contributed by atoms with E-state index in [0.717, 1.165) is 17.2 Å². The monoisotopic (exact) mass is 800 g/mol. The zero-order chi connectivity index (χ0) is 40.2. The van der Waals surface area contributed by atoms with Crippen LogP contribution >= 0.6 is 12.0 Å². The SMILES string of the molecule is Nc1c(SOOO)cc(Nc2ccc(Cc3ccc(Nc4cc(S(=O)(=O)O)c(N)c5c4C(=O)c4ccccc4C5=O)cc3)cc2)c2c1C(=O)c1ccccc1C2=O. The van der Waals surface area contributed by atoms with E-state index in [9.17, 15) is 32.1 Å². The molecule has 284 valence electrons. The van der Waals surface area contributed by atoms with Crippen molar-refractivity contribution in [2.24, 2.45) is 0 Å². The Morgan fingerprint density at radius 2 is 0.982 bits per heavy atom. The standard InChI is InChI=1S/C41H28N4O10S2/c42-36-30(56-55-54-50)18-28(32-34(36)40(48)26-7-3-1-5-24(26)38(32)46)44-22-13-9-20(10-14-22)17-21-11-15-23(16-12-21)45-29-19-31(57(51,52)53)37(43)35-33(29)39(47)25-6-2-4-8-27(25)41(35)49/h1-16,18-19,44-45,50H,17,42-43H2,(H,51,52,53). The van der Waals surface area contributed by atoms with Gasteiger partial charge >= 0.3 is 0 Å². The van der Waals surface area contributed by atoms with Crippen molar-refractivity contribution in [3.63, 3.8) is 0 Å². The van der Waals surface area contributed by atoms with Gasteiger partial charge in [0, 0.05) is 33.6 Å². The summed E-state index contributed by atoms with van der Waals surface area (Å²) in [7, 11) is -4.87. The Hall–Kier alpha value is -6.66. The fraction of sp³-hybridized carbons (Fsp3) is 0.0244. The first-order chi connectivity index (χ1) is 27.3. The Bertz CT molecular complexity index is 2830. The Balaban J connectivity index is 1.04. The van der Waals surface area contributed by atoms with Gasteiger partial charge in [0.25, 0.3) is 10.1 Å². The van der Waals surface area contributed by atoms with Crippen molar-refractivity contribution in [3.8, 4) is 0 Å². The van der Waals surface area contributed by atoms with Gasteiger partial charge in [-0.3, -0.25) is 23.7 Å². The number of hydrogen-bond donors (Lipinski definition) is 6. The molecule has 0 bridgehead atoms. The van der Waals surface area contributed by atoms with Gasteiger partial charge in [0.2, 0.25) is 0 Å². The summed E-state index contributed by atoms with van der Waals surface area (Å²) in [6.07, 6.45) is 0.495. The van der Waals surface area contributed by atoms with E-state index in [0.29, 0.717) is 29.8 Å². The molecule has 0 heterocycles. The molecule has 2 aliphatic carbocycles. The third-order valence-electron chi connectivity index (χ3n) is 9.71. The van der Waals surface area contributed by atoms with Crippen LogP contribution in [0.5, 0.6) is 0 Å². The van der Waals surface area contributed by atoms with Gasteiger partial charge in [-0.1, -0.05) is 77.8 Å². The molecule has 6 aromatic rings. The van der Waals surface area contributed by atoms with Gasteiger partial charge < -0.3 is 22.1 Å². The minimum absolute atomic E-state index is 0.00265. The molecule has 0 atom stereocenters. The first-order valence-corrected chi connectivity index (χ1v) is 19.2. The molecule has 0 unspecified atom stereocenters. The maximum absolute atomic E-state index is 13.7. The van der Waals surface area contributed by atoms with Crippen LogP contribution in [0.2, 0.25) is 0 Å². The van der Waals surface area contributed by atoms with Crippen molar-refractivity contribution in [1.29, 1.82) is 0 Å². The summed E-state index contributed by atoms with van der Waals surface area (Å²) in [6.45, 7) is 0. The highest BCUT2D eigenvalue weighted by atomic mass is 32.2. The minimum atomic E-state index is -4.87. The number of ketones is 4. The Labute approximate surface area is 328 Å². The van der Waals surface area contributed by atoms with Gasteiger partial charge in [-0.15, -0.1) is 4.33 Å². The van der Waals surface area contributed by atoms with E-state index in [1.807, 2.05) is 24.3 Å². The van der Waals surface area contributed by atoms with Gasteiger partial charge in [-0.2, -0.15) is 8.42 Å². The number of carbonyl (C=O) groups excluding carboxylic acids is 4. The smallest absolute Gasteiger partial charge is 0.296 e.